The van der Waals surface area contributed by atoms with Gasteiger partial charge in [-0.05, 0) is 80.1 Å². The van der Waals surface area contributed by atoms with Crippen LogP contribution < -0.4 is 0 Å². The van der Waals surface area contributed by atoms with Crippen LogP contribution in [0.1, 0.15) is 50.9 Å². The molecule has 148 valence electrons. The molecule has 3 heteroatoms. The summed E-state index contributed by atoms with van der Waals surface area (Å²) in [5.74, 6) is 0.690. The van der Waals surface area contributed by atoms with Crippen molar-refractivity contribution in [1.82, 2.24) is 9.55 Å². The summed E-state index contributed by atoms with van der Waals surface area (Å²) in [6, 6.07) is 18.5. The van der Waals surface area contributed by atoms with Gasteiger partial charge in [-0.15, -0.1) is 0 Å². The Balaban J connectivity index is 1.92. The molecule has 29 heavy (non-hydrogen) atoms. The van der Waals surface area contributed by atoms with Crippen LogP contribution in [0.15, 0.2) is 54.6 Å². The van der Waals surface area contributed by atoms with Gasteiger partial charge in [0.1, 0.15) is 11.9 Å². The summed E-state index contributed by atoms with van der Waals surface area (Å²) in [7, 11) is 0. The average molecular weight is 385 g/mol. The van der Waals surface area contributed by atoms with Crippen LogP contribution in [0.25, 0.3) is 11.0 Å². The van der Waals surface area contributed by atoms with E-state index in [1.54, 1.807) is 0 Å². The van der Waals surface area contributed by atoms with Crippen LogP contribution in [0.4, 0.5) is 0 Å². The number of hydrogen-bond acceptors (Lipinski definition) is 2. The minimum Gasteiger partial charge on any atom is -0.380 e. The maximum atomic E-state index is 11.2. The zero-order chi connectivity index (χ0) is 20.7. The summed E-state index contributed by atoms with van der Waals surface area (Å²) in [4.78, 5) is 4.88. The van der Waals surface area contributed by atoms with E-state index in [-0.39, 0.29) is 0 Å². The molecular weight excluding hydrogens is 356 g/mol. The molecule has 4 rings (SSSR count). The van der Waals surface area contributed by atoms with E-state index >= 15 is 0 Å². The molecule has 1 unspecified atom stereocenters. The van der Waals surface area contributed by atoms with Crippen molar-refractivity contribution in [3.63, 3.8) is 0 Å². The smallest absolute Gasteiger partial charge is 0.143 e. The fourth-order valence-electron chi connectivity index (χ4n) is 4.18. The number of aromatic nitrogens is 2. The summed E-state index contributed by atoms with van der Waals surface area (Å²) >= 11 is 0. The Morgan fingerprint density at radius 2 is 1.45 bits per heavy atom. The number of hydrogen-bond donors (Lipinski definition) is 1. The first-order chi connectivity index (χ1) is 13.8. The van der Waals surface area contributed by atoms with Gasteiger partial charge in [-0.25, -0.2) is 4.98 Å². The molecule has 4 aromatic rings. The van der Waals surface area contributed by atoms with Crippen LogP contribution in [0.3, 0.4) is 0 Å². The molecule has 0 radical (unpaired) electrons. The molecular formula is C26H28N2O. The van der Waals surface area contributed by atoms with Gasteiger partial charge in [0, 0.05) is 6.54 Å². The van der Waals surface area contributed by atoms with Crippen molar-refractivity contribution < 1.29 is 5.11 Å². The summed E-state index contributed by atoms with van der Waals surface area (Å²) in [6.07, 6.45) is -0.768. The molecule has 3 aromatic carbocycles. The highest BCUT2D eigenvalue weighted by Gasteiger charge is 2.21. The van der Waals surface area contributed by atoms with Gasteiger partial charge in [0.25, 0.3) is 0 Å². The molecule has 0 saturated heterocycles. The van der Waals surface area contributed by atoms with Gasteiger partial charge in [0.15, 0.2) is 0 Å². The van der Waals surface area contributed by atoms with Crippen LogP contribution in [0.2, 0.25) is 0 Å². The predicted molar refractivity (Wildman–Crippen MR) is 119 cm³/mol. The highest BCUT2D eigenvalue weighted by atomic mass is 16.3. The van der Waals surface area contributed by atoms with Crippen molar-refractivity contribution in [2.75, 3.05) is 0 Å². The van der Waals surface area contributed by atoms with Crippen molar-refractivity contribution in [3.05, 3.63) is 99.4 Å². The molecule has 1 atom stereocenters. The summed E-state index contributed by atoms with van der Waals surface area (Å²) in [5, 5.41) is 11.2. The van der Waals surface area contributed by atoms with Crippen LogP contribution >= 0.6 is 0 Å². The number of fused-ring (bicyclic) bond motifs is 1. The quantitative estimate of drug-likeness (QED) is 0.489. The number of imidazole rings is 1. The van der Waals surface area contributed by atoms with E-state index in [9.17, 15) is 5.11 Å². The van der Waals surface area contributed by atoms with E-state index < -0.39 is 6.10 Å². The zero-order valence-electron chi connectivity index (χ0n) is 17.8. The SMILES string of the molecule is Cc1cc(C)c(Cn2c(C(O)c3ccccc3)nc3cc(C)c(C)cc32)c(C)c1. The van der Waals surface area contributed by atoms with E-state index in [0.29, 0.717) is 12.4 Å². The Hall–Kier alpha value is -2.91. The van der Waals surface area contributed by atoms with Gasteiger partial charge in [-0.1, -0.05) is 48.0 Å². The van der Waals surface area contributed by atoms with Gasteiger partial charge < -0.3 is 9.67 Å². The fourth-order valence-corrected chi connectivity index (χ4v) is 4.18. The molecule has 0 fully saturated rings. The Morgan fingerprint density at radius 3 is 2.10 bits per heavy atom. The second kappa shape index (κ2) is 7.49. The van der Waals surface area contributed by atoms with Crippen LogP contribution in [-0.4, -0.2) is 14.7 Å². The summed E-state index contributed by atoms with van der Waals surface area (Å²) < 4.78 is 2.18. The first kappa shape index (κ1) is 19.4. The lowest BCUT2D eigenvalue weighted by Crippen LogP contribution is -2.12. The predicted octanol–water partition coefficient (Wildman–Crippen LogP) is 5.71. The molecule has 0 aliphatic heterocycles. The van der Waals surface area contributed by atoms with Gasteiger partial charge in [-0.3, -0.25) is 0 Å². The standard InChI is InChI=1S/C26H28N2O/c1-16-11-19(4)22(20(5)12-16)15-28-24-14-18(3)17(2)13-23(24)27-26(28)25(29)21-9-7-6-8-10-21/h6-14,25,29H,15H2,1-5H3. The van der Waals surface area contributed by atoms with Gasteiger partial charge >= 0.3 is 0 Å². The topological polar surface area (TPSA) is 38.0 Å². The fraction of sp³-hybridized carbons (Fsp3) is 0.269. The third-order valence-electron chi connectivity index (χ3n) is 5.91. The number of nitrogens with zero attached hydrogens (tertiary/aromatic N) is 2. The molecule has 1 heterocycles. The largest absolute Gasteiger partial charge is 0.380 e. The van der Waals surface area contributed by atoms with Crippen LogP contribution in [0, 0.1) is 34.6 Å². The highest BCUT2D eigenvalue weighted by Crippen LogP contribution is 2.29. The second-order valence-electron chi connectivity index (χ2n) is 8.17. The maximum absolute atomic E-state index is 11.2. The lowest BCUT2D eigenvalue weighted by molar-refractivity contribution is 0.206. The number of aliphatic hydroxyl groups excluding tert-OH is 1. The number of aliphatic hydroxyl groups is 1. The molecule has 0 saturated carbocycles. The molecule has 0 spiro atoms. The third-order valence-corrected chi connectivity index (χ3v) is 5.91. The van der Waals surface area contributed by atoms with Crippen LogP contribution in [0.5, 0.6) is 0 Å². The molecule has 0 amide bonds. The minimum absolute atomic E-state index is 0.690. The van der Waals surface area contributed by atoms with Crippen molar-refractivity contribution in [1.29, 1.82) is 0 Å². The number of aryl methyl sites for hydroxylation is 5. The lowest BCUT2D eigenvalue weighted by Gasteiger charge is -2.18. The summed E-state index contributed by atoms with van der Waals surface area (Å²) in [6.45, 7) is 11.4. The molecule has 1 aromatic heterocycles. The van der Waals surface area contributed by atoms with E-state index in [2.05, 4.69) is 63.5 Å². The lowest BCUT2D eigenvalue weighted by atomic mass is 9.99. The Bertz CT molecular complexity index is 1170. The van der Waals surface area contributed by atoms with Crippen LogP contribution in [-0.2, 0) is 6.54 Å². The Kier molecular flexibility index (Phi) is 5.01. The molecule has 0 aliphatic carbocycles. The first-order valence-electron chi connectivity index (χ1n) is 10.1. The minimum atomic E-state index is -0.768. The Morgan fingerprint density at radius 1 is 0.828 bits per heavy atom. The molecule has 0 bridgehead atoms. The van der Waals surface area contributed by atoms with Crippen molar-refractivity contribution in [2.45, 2.75) is 47.3 Å². The van der Waals surface area contributed by atoms with Gasteiger partial charge in [0.05, 0.1) is 11.0 Å². The third kappa shape index (κ3) is 3.58. The van der Waals surface area contributed by atoms with Crippen molar-refractivity contribution in [3.8, 4) is 0 Å². The summed E-state index contributed by atoms with van der Waals surface area (Å²) in [5.41, 5.74) is 10.4. The van der Waals surface area contributed by atoms with Crippen molar-refractivity contribution >= 4 is 11.0 Å². The van der Waals surface area contributed by atoms with Crippen molar-refractivity contribution in [2.24, 2.45) is 0 Å². The monoisotopic (exact) mass is 384 g/mol. The first-order valence-corrected chi connectivity index (χ1v) is 10.1. The second-order valence-corrected chi connectivity index (χ2v) is 8.17. The van der Waals surface area contributed by atoms with E-state index in [1.165, 1.54) is 33.4 Å². The highest BCUT2D eigenvalue weighted by molar-refractivity contribution is 5.78. The van der Waals surface area contributed by atoms with Gasteiger partial charge in [0.2, 0.25) is 0 Å². The Labute approximate surface area is 172 Å². The zero-order valence-corrected chi connectivity index (χ0v) is 17.8. The van der Waals surface area contributed by atoms with E-state index in [4.69, 9.17) is 4.98 Å². The normalized spacial score (nSPS) is 12.5. The molecule has 3 nitrogen and oxygen atoms in total. The number of rotatable bonds is 4. The molecule has 0 aliphatic rings. The van der Waals surface area contributed by atoms with E-state index in [0.717, 1.165) is 16.6 Å². The molecule has 1 N–H and O–H groups in total. The number of benzene rings is 3. The maximum Gasteiger partial charge on any atom is 0.143 e. The van der Waals surface area contributed by atoms with E-state index in [1.807, 2.05) is 30.3 Å². The average Bonchev–Trinajstić information content (AvgIpc) is 3.02. The van der Waals surface area contributed by atoms with Gasteiger partial charge in [-0.2, -0.15) is 0 Å².